The van der Waals surface area contributed by atoms with E-state index in [1.54, 1.807) is 0 Å². The minimum Gasteiger partial charge on any atom is -0.456 e. The molecule has 0 unspecified atom stereocenters. The number of para-hydroxylation sites is 3. The standard InChI is InChI=1S/C56H36N2O/c1-2-14-46-39(11-1)23-24-41-36-45(33-34-47(41)46)57(44-13-9-12-40(35-44)48-18-10-22-55-56(48)51-17-5-8-21-54(51)59-55)42-29-25-37(26-30-42)38-27-31-43(32-28-38)58-52-19-6-3-15-49(52)50-16-4-7-20-53(50)58/h1-36H. The number of nitrogens with zero attached hydrogens (tertiary/aromatic N) is 2. The summed E-state index contributed by atoms with van der Waals surface area (Å²) in [5.74, 6) is 0. The molecule has 0 amide bonds. The number of anilines is 3. The maximum atomic E-state index is 6.30. The van der Waals surface area contributed by atoms with E-state index in [2.05, 4.69) is 216 Å². The molecule has 276 valence electrons. The Morgan fingerprint density at radius 3 is 1.69 bits per heavy atom. The number of furan rings is 1. The molecular formula is C56H36N2O. The van der Waals surface area contributed by atoms with Crippen LogP contribution in [-0.4, -0.2) is 4.57 Å². The van der Waals surface area contributed by atoms with E-state index < -0.39 is 0 Å². The highest BCUT2D eigenvalue weighted by molar-refractivity contribution is 6.13. The average Bonchev–Trinajstić information content (AvgIpc) is 3.86. The molecule has 0 N–H and O–H groups in total. The number of benzene rings is 10. The average molecular weight is 753 g/mol. The van der Waals surface area contributed by atoms with E-state index in [0.717, 1.165) is 55.8 Å². The van der Waals surface area contributed by atoms with Gasteiger partial charge in [0.25, 0.3) is 0 Å². The van der Waals surface area contributed by atoms with Crippen molar-refractivity contribution in [1.82, 2.24) is 4.57 Å². The predicted octanol–water partition coefficient (Wildman–Crippen LogP) is 15.8. The second-order valence-corrected chi connectivity index (χ2v) is 15.3. The van der Waals surface area contributed by atoms with Crippen molar-refractivity contribution < 1.29 is 4.42 Å². The summed E-state index contributed by atoms with van der Waals surface area (Å²) in [4.78, 5) is 2.38. The van der Waals surface area contributed by atoms with Crippen molar-refractivity contribution in [3.8, 4) is 27.9 Å². The zero-order valence-electron chi connectivity index (χ0n) is 32.1. The first-order chi connectivity index (χ1) is 29.2. The quantitative estimate of drug-likeness (QED) is 0.158. The van der Waals surface area contributed by atoms with Crippen LogP contribution in [0.3, 0.4) is 0 Å². The summed E-state index contributed by atoms with van der Waals surface area (Å²) in [6.07, 6.45) is 0. The van der Waals surface area contributed by atoms with Crippen LogP contribution in [0.4, 0.5) is 17.1 Å². The Labute approximate surface area is 341 Å². The first kappa shape index (κ1) is 33.3. The first-order valence-corrected chi connectivity index (χ1v) is 20.2. The van der Waals surface area contributed by atoms with Crippen molar-refractivity contribution in [2.75, 3.05) is 4.90 Å². The van der Waals surface area contributed by atoms with E-state index in [9.17, 15) is 0 Å². The smallest absolute Gasteiger partial charge is 0.136 e. The van der Waals surface area contributed by atoms with Gasteiger partial charge in [-0.15, -0.1) is 0 Å². The molecule has 10 aromatic carbocycles. The van der Waals surface area contributed by atoms with Gasteiger partial charge in [-0.2, -0.15) is 0 Å². The predicted molar refractivity (Wildman–Crippen MR) is 249 cm³/mol. The van der Waals surface area contributed by atoms with Crippen molar-refractivity contribution in [3.63, 3.8) is 0 Å². The number of fused-ring (bicyclic) bond motifs is 9. The van der Waals surface area contributed by atoms with Crippen LogP contribution in [0.2, 0.25) is 0 Å². The highest BCUT2D eigenvalue weighted by atomic mass is 16.3. The summed E-state index contributed by atoms with van der Waals surface area (Å²) in [6, 6.07) is 78.8. The molecular weight excluding hydrogens is 717 g/mol. The molecule has 59 heavy (non-hydrogen) atoms. The third-order valence-electron chi connectivity index (χ3n) is 12.0. The largest absolute Gasteiger partial charge is 0.456 e. The molecule has 0 aliphatic heterocycles. The van der Waals surface area contributed by atoms with Gasteiger partial charge in [-0.1, -0.05) is 146 Å². The molecule has 12 rings (SSSR count). The Balaban J connectivity index is 0.960. The van der Waals surface area contributed by atoms with E-state index in [1.165, 1.54) is 54.5 Å². The summed E-state index contributed by atoms with van der Waals surface area (Å²) < 4.78 is 8.66. The molecule has 0 saturated heterocycles. The van der Waals surface area contributed by atoms with Crippen LogP contribution in [0, 0.1) is 0 Å². The van der Waals surface area contributed by atoms with Crippen molar-refractivity contribution >= 4 is 82.4 Å². The molecule has 0 aliphatic carbocycles. The molecule has 2 heterocycles. The van der Waals surface area contributed by atoms with Crippen molar-refractivity contribution in [2.45, 2.75) is 0 Å². The maximum Gasteiger partial charge on any atom is 0.136 e. The monoisotopic (exact) mass is 752 g/mol. The molecule has 0 radical (unpaired) electrons. The lowest BCUT2D eigenvalue weighted by Gasteiger charge is -2.27. The van der Waals surface area contributed by atoms with E-state index in [0.29, 0.717) is 0 Å². The summed E-state index contributed by atoms with van der Waals surface area (Å²) in [6.45, 7) is 0. The van der Waals surface area contributed by atoms with Crippen LogP contribution < -0.4 is 4.90 Å². The Bertz CT molecular complexity index is 3500. The molecule has 2 aromatic heterocycles. The van der Waals surface area contributed by atoms with Crippen LogP contribution in [0.15, 0.2) is 223 Å². The topological polar surface area (TPSA) is 21.3 Å². The van der Waals surface area contributed by atoms with Gasteiger partial charge in [0.05, 0.1) is 11.0 Å². The van der Waals surface area contributed by atoms with Gasteiger partial charge >= 0.3 is 0 Å². The van der Waals surface area contributed by atoms with E-state index in [4.69, 9.17) is 4.42 Å². The van der Waals surface area contributed by atoms with Gasteiger partial charge in [-0.25, -0.2) is 0 Å². The zero-order valence-corrected chi connectivity index (χ0v) is 32.1. The highest BCUT2D eigenvalue weighted by Crippen LogP contribution is 2.42. The van der Waals surface area contributed by atoms with Gasteiger partial charge in [0.2, 0.25) is 0 Å². The fourth-order valence-corrected chi connectivity index (χ4v) is 9.22. The summed E-state index contributed by atoms with van der Waals surface area (Å²) in [5, 5.41) is 9.76. The first-order valence-electron chi connectivity index (χ1n) is 20.2. The van der Waals surface area contributed by atoms with E-state index in [-0.39, 0.29) is 0 Å². The number of hydrogen-bond acceptors (Lipinski definition) is 2. The van der Waals surface area contributed by atoms with Crippen LogP contribution in [0.5, 0.6) is 0 Å². The normalized spacial score (nSPS) is 11.7. The Hall–Kier alpha value is -7.88. The van der Waals surface area contributed by atoms with Gasteiger partial charge in [0, 0.05) is 44.3 Å². The lowest BCUT2D eigenvalue weighted by atomic mass is 9.98. The highest BCUT2D eigenvalue weighted by Gasteiger charge is 2.18. The van der Waals surface area contributed by atoms with Crippen LogP contribution in [0.25, 0.3) is 93.2 Å². The van der Waals surface area contributed by atoms with Crippen molar-refractivity contribution in [1.29, 1.82) is 0 Å². The SMILES string of the molecule is c1cc(-c2cccc3oc4ccccc4c23)cc(N(c2ccc(-c3ccc(-n4c5ccccc5c5ccccc54)cc3)cc2)c2ccc3c(ccc4ccccc43)c2)c1. The molecule has 3 heteroatoms. The fraction of sp³-hybridized carbons (Fsp3) is 0. The minimum atomic E-state index is 0.895. The summed E-state index contributed by atoms with van der Waals surface area (Å²) >= 11 is 0. The molecule has 0 saturated carbocycles. The number of rotatable bonds is 6. The molecule has 0 spiro atoms. The summed E-state index contributed by atoms with van der Waals surface area (Å²) in [5.41, 5.74) is 13.3. The van der Waals surface area contributed by atoms with E-state index >= 15 is 0 Å². The Morgan fingerprint density at radius 1 is 0.339 bits per heavy atom. The van der Waals surface area contributed by atoms with Gasteiger partial charge in [-0.3, -0.25) is 0 Å². The van der Waals surface area contributed by atoms with Gasteiger partial charge < -0.3 is 13.9 Å². The third-order valence-corrected chi connectivity index (χ3v) is 12.0. The molecule has 0 fully saturated rings. The molecule has 12 aromatic rings. The second kappa shape index (κ2) is 13.4. The van der Waals surface area contributed by atoms with Crippen LogP contribution in [-0.2, 0) is 0 Å². The van der Waals surface area contributed by atoms with Gasteiger partial charge in [0.1, 0.15) is 11.2 Å². The van der Waals surface area contributed by atoms with Crippen LogP contribution >= 0.6 is 0 Å². The Kier molecular flexibility index (Phi) is 7.54. The summed E-state index contributed by atoms with van der Waals surface area (Å²) in [7, 11) is 0. The van der Waals surface area contributed by atoms with Gasteiger partial charge in [0.15, 0.2) is 0 Å². The van der Waals surface area contributed by atoms with Crippen molar-refractivity contribution in [2.24, 2.45) is 0 Å². The second-order valence-electron chi connectivity index (χ2n) is 15.3. The lowest BCUT2D eigenvalue weighted by molar-refractivity contribution is 0.669. The van der Waals surface area contributed by atoms with Crippen LogP contribution in [0.1, 0.15) is 0 Å². The number of hydrogen-bond donors (Lipinski definition) is 0. The lowest BCUT2D eigenvalue weighted by Crippen LogP contribution is -2.10. The van der Waals surface area contributed by atoms with E-state index in [1.807, 2.05) is 12.1 Å². The Morgan fingerprint density at radius 2 is 0.915 bits per heavy atom. The fourth-order valence-electron chi connectivity index (χ4n) is 9.22. The minimum absolute atomic E-state index is 0.895. The molecule has 0 atom stereocenters. The zero-order chi connectivity index (χ0) is 38.9. The maximum absolute atomic E-state index is 6.30. The molecule has 0 bridgehead atoms. The molecule has 0 aliphatic rings. The number of aromatic nitrogens is 1. The van der Waals surface area contributed by atoms with Gasteiger partial charge in [-0.05, 0) is 117 Å². The molecule has 3 nitrogen and oxygen atoms in total. The van der Waals surface area contributed by atoms with Crippen molar-refractivity contribution in [3.05, 3.63) is 218 Å². The third kappa shape index (κ3) is 5.44.